The maximum atomic E-state index is 10.4. The summed E-state index contributed by atoms with van der Waals surface area (Å²) in [4.78, 5) is 10.4. The molecule has 0 aromatic carbocycles. The molecule has 13 heavy (non-hydrogen) atoms. The van der Waals surface area contributed by atoms with Crippen LogP contribution in [0.5, 0.6) is 0 Å². The number of carboxylic acids is 1. The molecule has 0 fully saturated rings. The van der Waals surface area contributed by atoms with Gasteiger partial charge in [0.05, 0.1) is 0 Å². The summed E-state index contributed by atoms with van der Waals surface area (Å²) in [5.41, 5.74) is 0. The summed E-state index contributed by atoms with van der Waals surface area (Å²) in [6, 6.07) is 2.83. The average Bonchev–Trinajstić information content (AvgIpc) is 2.52. The van der Waals surface area contributed by atoms with Gasteiger partial charge in [-0.25, -0.2) is 4.79 Å². The average molecular weight is 184 g/mol. The highest BCUT2D eigenvalue weighted by Crippen LogP contribution is 2.20. The smallest absolute Gasteiger partial charge is 0.371 e. The number of aliphatic hydroxyl groups excluding tert-OH is 1. The van der Waals surface area contributed by atoms with Crippen molar-refractivity contribution < 1.29 is 19.4 Å². The second kappa shape index (κ2) is 4.09. The zero-order chi connectivity index (χ0) is 9.84. The van der Waals surface area contributed by atoms with Gasteiger partial charge in [0.25, 0.3) is 0 Å². The van der Waals surface area contributed by atoms with E-state index in [1.807, 2.05) is 6.92 Å². The minimum atomic E-state index is -1.12. The first-order valence-electron chi connectivity index (χ1n) is 4.16. The Hall–Kier alpha value is -1.29. The van der Waals surface area contributed by atoms with E-state index in [2.05, 4.69) is 0 Å². The SMILES string of the molecule is CCCC(O)c1ccc(C(=O)O)o1. The number of hydrogen-bond donors (Lipinski definition) is 2. The molecule has 0 aliphatic rings. The summed E-state index contributed by atoms with van der Waals surface area (Å²) in [5, 5.41) is 18.0. The first-order valence-corrected chi connectivity index (χ1v) is 4.16. The minimum Gasteiger partial charge on any atom is -0.475 e. The van der Waals surface area contributed by atoms with Gasteiger partial charge < -0.3 is 14.6 Å². The highest BCUT2D eigenvalue weighted by molar-refractivity contribution is 5.84. The van der Waals surface area contributed by atoms with Crippen molar-refractivity contribution in [2.45, 2.75) is 25.9 Å². The zero-order valence-electron chi connectivity index (χ0n) is 7.36. The molecule has 1 rings (SSSR count). The van der Waals surface area contributed by atoms with Crippen LogP contribution in [0, 0.1) is 0 Å². The molecular weight excluding hydrogens is 172 g/mol. The second-order valence-corrected chi connectivity index (χ2v) is 2.81. The Morgan fingerprint density at radius 3 is 2.77 bits per heavy atom. The fraction of sp³-hybridized carbons (Fsp3) is 0.444. The van der Waals surface area contributed by atoms with Crippen molar-refractivity contribution in [2.75, 3.05) is 0 Å². The topological polar surface area (TPSA) is 70.7 Å². The van der Waals surface area contributed by atoms with Gasteiger partial charge in [-0.2, -0.15) is 0 Å². The molecular formula is C9H12O4. The summed E-state index contributed by atoms with van der Waals surface area (Å²) in [6.07, 6.45) is 0.703. The van der Waals surface area contributed by atoms with Gasteiger partial charge in [-0.15, -0.1) is 0 Å². The molecule has 1 unspecified atom stereocenters. The number of hydrogen-bond acceptors (Lipinski definition) is 3. The molecule has 1 aromatic heterocycles. The molecule has 1 heterocycles. The summed E-state index contributed by atoms with van der Waals surface area (Å²) in [5.74, 6) is -0.931. The van der Waals surface area contributed by atoms with E-state index in [-0.39, 0.29) is 5.76 Å². The fourth-order valence-electron chi connectivity index (χ4n) is 1.06. The molecule has 0 saturated carbocycles. The van der Waals surface area contributed by atoms with Crippen LogP contribution in [-0.2, 0) is 0 Å². The Balaban J connectivity index is 2.73. The summed E-state index contributed by atoms with van der Waals surface area (Å²) in [7, 11) is 0. The number of carbonyl (C=O) groups is 1. The fourth-order valence-corrected chi connectivity index (χ4v) is 1.06. The van der Waals surface area contributed by atoms with Crippen LogP contribution in [-0.4, -0.2) is 16.2 Å². The molecule has 1 aromatic rings. The standard InChI is InChI=1S/C9H12O4/c1-2-3-6(10)7-4-5-8(13-7)9(11)12/h4-6,10H,2-3H2,1H3,(H,11,12). The van der Waals surface area contributed by atoms with E-state index in [1.54, 1.807) is 0 Å². The third kappa shape index (κ3) is 2.32. The highest BCUT2D eigenvalue weighted by atomic mass is 16.4. The predicted octanol–water partition coefficient (Wildman–Crippen LogP) is 1.81. The summed E-state index contributed by atoms with van der Waals surface area (Å²) >= 11 is 0. The van der Waals surface area contributed by atoms with Crippen molar-refractivity contribution >= 4 is 5.97 Å². The Morgan fingerprint density at radius 2 is 2.31 bits per heavy atom. The Labute approximate surface area is 75.8 Å². The molecule has 4 nitrogen and oxygen atoms in total. The van der Waals surface area contributed by atoms with E-state index in [1.165, 1.54) is 12.1 Å². The zero-order valence-corrected chi connectivity index (χ0v) is 7.36. The number of aromatic carboxylic acids is 1. The van der Waals surface area contributed by atoms with E-state index in [4.69, 9.17) is 9.52 Å². The molecule has 0 saturated heterocycles. The van der Waals surface area contributed by atoms with Crippen LogP contribution < -0.4 is 0 Å². The summed E-state index contributed by atoms with van der Waals surface area (Å²) < 4.78 is 4.91. The van der Waals surface area contributed by atoms with Crippen LogP contribution in [0.25, 0.3) is 0 Å². The Kier molecular flexibility index (Phi) is 3.08. The van der Waals surface area contributed by atoms with E-state index in [9.17, 15) is 9.90 Å². The van der Waals surface area contributed by atoms with Crippen LogP contribution >= 0.6 is 0 Å². The molecule has 4 heteroatoms. The predicted molar refractivity (Wildman–Crippen MR) is 45.5 cm³/mol. The minimum absolute atomic E-state index is 0.134. The molecule has 0 aliphatic carbocycles. The van der Waals surface area contributed by atoms with Gasteiger partial charge in [0.1, 0.15) is 11.9 Å². The molecule has 1 atom stereocenters. The van der Waals surface area contributed by atoms with Crippen molar-refractivity contribution in [3.8, 4) is 0 Å². The second-order valence-electron chi connectivity index (χ2n) is 2.81. The van der Waals surface area contributed by atoms with Gasteiger partial charge >= 0.3 is 5.97 Å². The normalized spacial score (nSPS) is 12.8. The van der Waals surface area contributed by atoms with E-state index in [0.29, 0.717) is 12.2 Å². The first-order chi connectivity index (χ1) is 6.15. The van der Waals surface area contributed by atoms with Crippen molar-refractivity contribution in [1.29, 1.82) is 0 Å². The van der Waals surface area contributed by atoms with Crippen LogP contribution in [0.15, 0.2) is 16.5 Å². The number of carboxylic acid groups (broad SMARTS) is 1. The molecule has 2 N–H and O–H groups in total. The van der Waals surface area contributed by atoms with E-state index >= 15 is 0 Å². The highest BCUT2D eigenvalue weighted by Gasteiger charge is 2.14. The van der Waals surface area contributed by atoms with E-state index < -0.39 is 12.1 Å². The number of rotatable bonds is 4. The molecule has 0 aliphatic heterocycles. The lowest BCUT2D eigenvalue weighted by molar-refractivity contribution is 0.0650. The van der Waals surface area contributed by atoms with Crippen LogP contribution in [0.1, 0.15) is 42.2 Å². The van der Waals surface area contributed by atoms with Gasteiger partial charge in [-0.1, -0.05) is 13.3 Å². The van der Waals surface area contributed by atoms with Crippen LogP contribution in [0.3, 0.4) is 0 Å². The van der Waals surface area contributed by atoms with Gasteiger partial charge in [0.15, 0.2) is 0 Å². The van der Waals surface area contributed by atoms with E-state index in [0.717, 1.165) is 6.42 Å². The lowest BCUT2D eigenvalue weighted by Gasteiger charge is -2.03. The molecule has 0 radical (unpaired) electrons. The molecule has 72 valence electrons. The maximum Gasteiger partial charge on any atom is 0.371 e. The lowest BCUT2D eigenvalue weighted by atomic mass is 10.2. The van der Waals surface area contributed by atoms with Gasteiger partial charge in [-0.3, -0.25) is 0 Å². The number of furan rings is 1. The van der Waals surface area contributed by atoms with Gasteiger partial charge in [0.2, 0.25) is 5.76 Å². The molecule has 0 spiro atoms. The quantitative estimate of drug-likeness (QED) is 0.748. The number of aliphatic hydroxyl groups is 1. The van der Waals surface area contributed by atoms with Crippen molar-refractivity contribution in [2.24, 2.45) is 0 Å². The third-order valence-electron chi connectivity index (χ3n) is 1.73. The molecule has 0 amide bonds. The maximum absolute atomic E-state index is 10.4. The monoisotopic (exact) mass is 184 g/mol. The first kappa shape index (κ1) is 9.80. The van der Waals surface area contributed by atoms with Gasteiger partial charge in [0, 0.05) is 0 Å². The van der Waals surface area contributed by atoms with Crippen molar-refractivity contribution in [1.82, 2.24) is 0 Å². The van der Waals surface area contributed by atoms with Gasteiger partial charge in [-0.05, 0) is 18.6 Å². The Bertz CT molecular complexity index is 290. The molecule has 0 bridgehead atoms. The van der Waals surface area contributed by atoms with Crippen molar-refractivity contribution in [3.63, 3.8) is 0 Å². The summed E-state index contributed by atoms with van der Waals surface area (Å²) in [6.45, 7) is 1.93. The third-order valence-corrected chi connectivity index (χ3v) is 1.73. The van der Waals surface area contributed by atoms with Crippen molar-refractivity contribution in [3.05, 3.63) is 23.7 Å². The van der Waals surface area contributed by atoms with Crippen LogP contribution in [0.2, 0.25) is 0 Å². The Morgan fingerprint density at radius 1 is 1.62 bits per heavy atom. The van der Waals surface area contributed by atoms with Crippen LogP contribution in [0.4, 0.5) is 0 Å². The largest absolute Gasteiger partial charge is 0.475 e. The lowest BCUT2D eigenvalue weighted by Crippen LogP contribution is -1.95.